The Bertz CT molecular complexity index is 2820. The largest absolute Gasteiger partial charge is 0.323 e. The first-order valence-electron chi connectivity index (χ1n) is 12.4. The minimum Gasteiger partial charge on any atom is -0.306 e. The monoisotopic (exact) mass is 524 g/mol. The average Bonchev–Trinajstić information content (AvgIpc) is 3.68. The van der Waals surface area contributed by atoms with E-state index in [9.17, 15) is 19.2 Å². The lowest BCUT2D eigenvalue weighted by Crippen LogP contribution is -2.16. The number of nitrogens with zero attached hydrogens (tertiary/aromatic N) is 4. The number of pyridine rings is 2. The van der Waals surface area contributed by atoms with Crippen LogP contribution in [-0.4, -0.2) is 38.7 Å². The molecule has 0 aliphatic carbocycles. The zero-order chi connectivity index (χ0) is 26.6. The van der Waals surface area contributed by atoms with Crippen LogP contribution in [0.3, 0.4) is 0 Å². The van der Waals surface area contributed by atoms with E-state index in [-0.39, 0.29) is 22.5 Å². The van der Waals surface area contributed by atoms with Crippen molar-refractivity contribution in [3.05, 3.63) is 90.2 Å². The summed E-state index contributed by atoms with van der Waals surface area (Å²) >= 11 is 0. The summed E-state index contributed by atoms with van der Waals surface area (Å²) in [6.45, 7) is 0. The van der Waals surface area contributed by atoms with Gasteiger partial charge in [0.25, 0.3) is 11.1 Å². The second-order valence-electron chi connectivity index (χ2n) is 10.2. The van der Waals surface area contributed by atoms with E-state index in [2.05, 4.69) is 19.9 Å². The predicted octanol–water partition coefficient (Wildman–Crippen LogP) is 2.68. The number of rotatable bonds is 0. The highest BCUT2D eigenvalue weighted by molar-refractivity contribution is 6.28. The molecule has 0 fully saturated rings. The van der Waals surface area contributed by atoms with Crippen molar-refractivity contribution in [3.8, 4) is 0 Å². The van der Waals surface area contributed by atoms with Crippen molar-refractivity contribution in [2.24, 2.45) is 0 Å². The van der Waals surface area contributed by atoms with Gasteiger partial charge in [-0.2, -0.15) is 0 Å². The molecular formula is C28H12N8O4. The molecule has 6 aromatic heterocycles. The predicted molar refractivity (Wildman–Crippen MR) is 151 cm³/mol. The van der Waals surface area contributed by atoms with Crippen LogP contribution in [0, 0.1) is 0 Å². The Labute approximate surface area is 216 Å². The highest BCUT2D eigenvalue weighted by atomic mass is 16.1. The molecule has 4 aromatic carbocycles. The van der Waals surface area contributed by atoms with E-state index in [0.717, 1.165) is 10.8 Å². The SMILES string of the molecule is O=c1[nH]c2cc3nc4c5ccc6c(=O)n7c8cc9[nH]c(=O)[nH]c9cc8nc7c7ccc(c(=O)n4c3cc2[nH]1)c5c67. The molecule has 0 aliphatic heterocycles. The Kier molecular flexibility index (Phi) is 3.08. The highest BCUT2D eigenvalue weighted by Crippen LogP contribution is 2.37. The van der Waals surface area contributed by atoms with Gasteiger partial charge in [-0.1, -0.05) is 0 Å². The highest BCUT2D eigenvalue weighted by Gasteiger charge is 2.23. The number of H-pyrrole nitrogens is 4. The van der Waals surface area contributed by atoms with Crippen LogP contribution < -0.4 is 22.5 Å². The summed E-state index contributed by atoms with van der Waals surface area (Å²) in [6.07, 6.45) is 0. The normalized spacial score (nSPS) is 12.9. The molecule has 4 N–H and O–H groups in total. The van der Waals surface area contributed by atoms with Gasteiger partial charge in [-0.15, -0.1) is 0 Å². The second-order valence-corrected chi connectivity index (χ2v) is 10.2. The maximum atomic E-state index is 13.9. The molecule has 10 aromatic rings. The number of hydrogen-bond donors (Lipinski definition) is 4. The van der Waals surface area contributed by atoms with Crippen molar-refractivity contribution in [2.75, 3.05) is 0 Å². The fourth-order valence-corrected chi connectivity index (χ4v) is 6.45. The molecule has 0 bridgehead atoms. The Hall–Kier alpha value is -6.04. The lowest BCUT2D eigenvalue weighted by atomic mass is 9.96. The van der Waals surface area contributed by atoms with E-state index in [1.54, 1.807) is 45.2 Å². The standard InChI is InChI=1S/C28H12N8O4/c37-25-11-3-1-9-21-12(26(38)35-19-7-15-13(31-27(39)33-15)5-17(19)29-23(9)35)4-2-10(22(11)21)24-30-18-6-14-16(34-28(40)32-14)8-20(18)36(24)25/h1-8H,(H2,31,33,39)(H2,32,34,40). The summed E-state index contributed by atoms with van der Waals surface area (Å²) in [4.78, 5) is 72.0. The van der Waals surface area contributed by atoms with Crippen molar-refractivity contribution in [2.45, 2.75) is 0 Å². The molecule has 0 saturated heterocycles. The van der Waals surface area contributed by atoms with E-state index in [1.807, 2.05) is 12.1 Å². The van der Waals surface area contributed by atoms with Crippen LogP contribution in [0.4, 0.5) is 0 Å². The maximum Gasteiger partial charge on any atom is 0.323 e. The van der Waals surface area contributed by atoms with E-state index >= 15 is 0 Å². The van der Waals surface area contributed by atoms with Crippen LogP contribution in [0.15, 0.2) is 67.7 Å². The topological polar surface area (TPSA) is 166 Å². The molecular weight excluding hydrogens is 512 g/mol. The molecule has 12 heteroatoms. The first kappa shape index (κ1) is 20.0. The van der Waals surface area contributed by atoms with Gasteiger partial charge in [-0.05, 0) is 48.5 Å². The minimum absolute atomic E-state index is 0.268. The third-order valence-electron chi connectivity index (χ3n) is 8.09. The molecule has 10 rings (SSSR count). The first-order valence-corrected chi connectivity index (χ1v) is 12.4. The molecule has 0 unspecified atom stereocenters. The molecule has 0 spiro atoms. The van der Waals surface area contributed by atoms with Gasteiger partial charge < -0.3 is 19.9 Å². The molecule has 0 atom stereocenters. The van der Waals surface area contributed by atoms with E-state index in [1.165, 1.54) is 0 Å². The number of nitrogens with one attached hydrogen (secondary N) is 4. The van der Waals surface area contributed by atoms with Gasteiger partial charge in [0.05, 0.1) is 44.1 Å². The summed E-state index contributed by atoms with van der Waals surface area (Å²) in [6, 6.07) is 14.1. The zero-order valence-corrected chi connectivity index (χ0v) is 20.0. The van der Waals surface area contributed by atoms with Crippen molar-refractivity contribution in [1.82, 2.24) is 38.7 Å². The van der Waals surface area contributed by atoms with Gasteiger partial charge in [0, 0.05) is 32.3 Å². The molecule has 40 heavy (non-hydrogen) atoms. The van der Waals surface area contributed by atoms with Gasteiger partial charge in [0.2, 0.25) is 0 Å². The number of benzene rings is 4. The van der Waals surface area contributed by atoms with Gasteiger partial charge in [0.15, 0.2) is 0 Å². The third kappa shape index (κ3) is 2.13. The number of aromatic amines is 4. The molecule has 12 nitrogen and oxygen atoms in total. The Morgan fingerprint density at radius 3 is 1.30 bits per heavy atom. The van der Waals surface area contributed by atoms with Crippen LogP contribution in [0.25, 0.3) is 87.7 Å². The number of fused-ring (bicyclic) bond motifs is 10. The van der Waals surface area contributed by atoms with Crippen LogP contribution in [0.2, 0.25) is 0 Å². The minimum atomic E-state index is -0.334. The fraction of sp³-hybridized carbons (Fsp3) is 0. The quantitative estimate of drug-likeness (QED) is 0.223. The summed E-state index contributed by atoms with van der Waals surface area (Å²) < 4.78 is 3.12. The molecule has 6 heterocycles. The van der Waals surface area contributed by atoms with Crippen LogP contribution >= 0.6 is 0 Å². The molecule has 188 valence electrons. The van der Waals surface area contributed by atoms with Gasteiger partial charge in [-0.3, -0.25) is 18.4 Å². The summed E-state index contributed by atoms with van der Waals surface area (Å²) in [5.41, 5.74) is 4.37. The summed E-state index contributed by atoms with van der Waals surface area (Å²) in [5.74, 6) is 0. The van der Waals surface area contributed by atoms with E-state index < -0.39 is 0 Å². The number of hydrogen-bond acceptors (Lipinski definition) is 6. The van der Waals surface area contributed by atoms with Crippen molar-refractivity contribution in [3.63, 3.8) is 0 Å². The Morgan fingerprint density at radius 2 is 0.875 bits per heavy atom. The first-order chi connectivity index (χ1) is 19.4. The van der Waals surface area contributed by atoms with Crippen molar-refractivity contribution in [1.29, 1.82) is 0 Å². The lowest BCUT2D eigenvalue weighted by molar-refractivity contribution is 1.18. The number of aromatic nitrogens is 8. The average molecular weight is 524 g/mol. The molecule has 0 saturated carbocycles. The summed E-state index contributed by atoms with van der Waals surface area (Å²) in [7, 11) is 0. The second kappa shape index (κ2) is 6.15. The van der Waals surface area contributed by atoms with Gasteiger partial charge >= 0.3 is 11.4 Å². The Balaban J connectivity index is 1.43. The maximum absolute atomic E-state index is 13.9. The zero-order valence-electron chi connectivity index (χ0n) is 20.0. The molecule has 0 radical (unpaired) electrons. The van der Waals surface area contributed by atoms with Crippen molar-refractivity contribution >= 4 is 87.7 Å². The van der Waals surface area contributed by atoms with Gasteiger partial charge in [0.1, 0.15) is 11.3 Å². The Morgan fingerprint density at radius 1 is 0.500 bits per heavy atom. The van der Waals surface area contributed by atoms with Crippen molar-refractivity contribution < 1.29 is 0 Å². The third-order valence-corrected chi connectivity index (χ3v) is 8.09. The fourth-order valence-electron chi connectivity index (χ4n) is 6.45. The molecule has 0 amide bonds. The lowest BCUT2D eigenvalue weighted by Gasteiger charge is -2.12. The van der Waals surface area contributed by atoms with Gasteiger partial charge in [-0.25, -0.2) is 19.6 Å². The van der Waals surface area contributed by atoms with E-state index in [0.29, 0.717) is 77.0 Å². The smallest absolute Gasteiger partial charge is 0.306 e. The van der Waals surface area contributed by atoms with E-state index in [4.69, 9.17) is 9.97 Å². The number of imidazole rings is 4. The van der Waals surface area contributed by atoms with Crippen LogP contribution in [-0.2, 0) is 0 Å². The van der Waals surface area contributed by atoms with Crippen LogP contribution in [0.1, 0.15) is 0 Å². The van der Waals surface area contributed by atoms with Crippen LogP contribution in [0.5, 0.6) is 0 Å². The molecule has 0 aliphatic rings. The summed E-state index contributed by atoms with van der Waals surface area (Å²) in [5, 5.41) is 3.68.